The molecule has 3 atom stereocenters. The number of benzene rings is 2. The van der Waals surface area contributed by atoms with Gasteiger partial charge in [-0.3, -0.25) is 9.59 Å². The van der Waals surface area contributed by atoms with Crippen LogP contribution in [0, 0.1) is 11.7 Å². The van der Waals surface area contributed by atoms with Gasteiger partial charge in [0.05, 0.1) is 23.8 Å². The van der Waals surface area contributed by atoms with Gasteiger partial charge in [0, 0.05) is 43.3 Å². The lowest BCUT2D eigenvalue weighted by molar-refractivity contribution is -0.126. The molecule has 0 saturated carbocycles. The first kappa shape index (κ1) is 24.5. The molecule has 0 radical (unpaired) electrons. The van der Waals surface area contributed by atoms with E-state index in [0.717, 1.165) is 12.8 Å². The molecule has 3 unspecified atom stereocenters. The number of ether oxygens (including phenoxy) is 1. The zero-order valence-corrected chi connectivity index (χ0v) is 20.4. The summed E-state index contributed by atoms with van der Waals surface area (Å²) in [4.78, 5) is 29.3. The molecule has 4 rings (SSSR count). The topological polar surface area (TPSA) is 61.9 Å². The Morgan fingerprint density at radius 2 is 1.79 bits per heavy atom. The first-order valence-corrected chi connectivity index (χ1v) is 12.2. The van der Waals surface area contributed by atoms with Crippen LogP contribution in [0.2, 0.25) is 5.02 Å². The second-order valence-electron chi connectivity index (χ2n) is 9.26. The SMILES string of the molecule is CC1CN(c2ccc(CNC(=O)C3CCCN(C(=O)c4ccc(Cl)cc4)C3)cc2F)CC(C)O1. The van der Waals surface area contributed by atoms with E-state index < -0.39 is 0 Å². The third kappa shape index (κ3) is 5.88. The fourth-order valence-corrected chi connectivity index (χ4v) is 4.90. The van der Waals surface area contributed by atoms with E-state index in [0.29, 0.717) is 48.0 Å². The van der Waals surface area contributed by atoms with Crippen LogP contribution in [-0.4, -0.2) is 55.1 Å². The number of anilines is 1. The normalized spacial score (nSPS) is 23.0. The molecule has 1 N–H and O–H groups in total. The molecule has 2 heterocycles. The Kier molecular flexibility index (Phi) is 7.73. The van der Waals surface area contributed by atoms with Crippen LogP contribution in [0.4, 0.5) is 10.1 Å². The Morgan fingerprint density at radius 3 is 2.47 bits per heavy atom. The summed E-state index contributed by atoms with van der Waals surface area (Å²) >= 11 is 5.91. The molecule has 2 aromatic carbocycles. The van der Waals surface area contributed by atoms with Gasteiger partial charge >= 0.3 is 0 Å². The van der Waals surface area contributed by atoms with Crippen LogP contribution in [0.15, 0.2) is 42.5 Å². The molecule has 2 aromatic rings. The van der Waals surface area contributed by atoms with Crippen molar-refractivity contribution in [3.63, 3.8) is 0 Å². The Labute approximate surface area is 205 Å². The lowest BCUT2D eigenvalue weighted by atomic mass is 9.96. The Balaban J connectivity index is 1.32. The lowest BCUT2D eigenvalue weighted by Gasteiger charge is -2.37. The van der Waals surface area contributed by atoms with Crippen molar-refractivity contribution in [2.45, 2.75) is 45.4 Å². The maximum absolute atomic E-state index is 14.8. The number of halogens is 2. The summed E-state index contributed by atoms with van der Waals surface area (Å²) in [6.45, 7) is 6.49. The Bertz CT molecular complexity index is 1020. The van der Waals surface area contributed by atoms with Gasteiger partial charge in [0.25, 0.3) is 5.91 Å². The van der Waals surface area contributed by atoms with Crippen LogP contribution < -0.4 is 10.2 Å². The number of carbonyl (C=O) groups is 2. The minimum atomic E-state index is -0.301. The second-order valence-corrected chi connectivity index (χ2v) is 9.70. The van der Waals surface area contributed by atoms with Gasteiger partial charge in [0.15, 0.2) is 0 Å². The van der Waals surface area contributed by atoms with Crippen molar-refractivity contribution in [3.8, 4) is 0 Å². The lowest BCUT2D eigenvalue weighted by Crippen LogP contribution is -2.46. The van der Waals surface area contributed by atoms with Crippen molar-refractivity contribution >= 4 is 29.1 Å². The molecule has 2 aliphatic rings. The summed E-state index contributed by atoms with van der Waals surface area (Å²) in [5.74, 6) is -0.802. The number of piperidine rings is 1. The summed E-state index contributed by atoms with van der Waals surface area (Å²) in [5, 5.41) is 3.50. The van der Waals surface area contributed by atoms with E-state index in [2.05, 4.69) is 5.32 Å². The van der Waals surface area contributed by atoms with Gasteiger partial charge in [0.1, 0.15) is 5.82 Å². The smallest absolute Gasteiger partial charge is 0.253 e. The molecule has 182 valence electrons. The van der Waals surface area contributed by atoms with Crippen molar-refractivity contribution in [2.24, 2.45) is 5.92 Å². The third-order valence-electron chi connectivity index (χ3n) is 6.41. The van der Waals surface area contributed by atoms with Crippen molar-refractivity contribution < 1.29 is 18.7 Å². The molecule has 0 aliphatic carbocycles. The molecule has 0 spiro atoms. The van der Waals surface area contributed by atoms with Crippen LogP contribution in [0.5, 0.6) is 0 Å². The molecule has 0 bridgehead atoms. The maximum Gasteiger partial charge on any atom is 0.253 e. The number of likely N-dealkylation sites (tertiary alicyclic amines) is 1. The number of carbonyl (C=O) groups excluding carboxylic acids is 2. The van der Waals surface area contributed by atoms with Crippen LogP contribution in [-0.2, 0) is 16.1 Å². The molecule has 6 nitrogen and oxygen atoms in total. The molecule has 2 amide bonds. The van der Waals surface area contributed by atoms with E-state index in [9.17, 15) is 14.0 Å². The van der Waals surface area contributed by atoms with E-state index in [1.165, 1.54) is 6.07 Å². The quantitative estimate of drug-likeness (QED) is 0.684. The summed E-state index contributed by atoms with van der Waals surface area (Å²) in [6.07, 6.45) is 1.57. The number of hydrogen-bond acceptors (Lipinski definition) is 4. The molecule has 2 saturated heterocycles. The van der Waals surface area contributed by atoms with Gasteiger partial charge < -0.3 is 19.9 Å². The summed E-state index contributed by atoms with van der Waals surface area (Å²) in [5.41, 5.74) is 1.82. The highest BCUT2D eigenvalue weighted by molar-refractivity contribution is 6.30. The average Bonchev–Trinajstić information content (AvgIpc) is 2.82. The number of hydrogen-bond donors (Lipinski definition) is 1. The van der Waals surface area contributed by atoms with Gasteiger partial charge in [-0.25, -0.2) is 4.39 Å². The van der Waals surface area contributed by atoms with Gasteiger partial charge in [-0.1, -0.05) is 17.7 Å². The van der Waals surface area contributed by atoms with Crippen molar-refractivity contribution in [1.29, 1.82) is 0 Å². The molecule has 0 aromatic heterocycles. The summed E-state index contributed by atoms with van der Waals surface area (Å²) < 4.78 is 20.6. The van der Waals surface area contributed by atoms with Crippen LogP contribution in [0.25, 0.3) is 0 Å². The number of amides is 2. The molecular weight excluding hydrogens is 457 g/mol. The Morgan fingerprint density at radius 1 is 1.09 bits per heavy atom. The monoisotopic (exact) mass is 487 g/mol. The highest BCUT2D eigenvalue weighted by Crippen LogP contribution is 2.25. The molecular formula is C26H31ClFN3O3. The van der Waals surface area contributed by atoms with Crippen molar-refractivity contribution in [1.82, 2.24) is 10.2 Å². The van der Waals surface area contributed by atoms with Gasteiger partial charge in [-0.2, -0.15) is 0 Å². The standard InChI is InChI=1S/C26H31ClFN3O3/c1-17-14-31(15-18(2)34-17)24-10-5-19(12-23(24)28)13-29-25(32)21-4-3-11-30(16-21)26(33)20-6-8-22(27)9-7-20/h5-10,12,17-18,21H,3-4,11,13-16H2,1-2H3,(H,29,32). The first-order chi connectivity index (χ1) is 16.3. The number of morpholine rings is 1. The maximum atomic E-state index is 14.8. The minimum Gasteiger partial charge on any atom is -0.372 e. The largest absolute Gasteiger partial charge is 0.372 e. The Hall–Kier alpha value is -2.64. The van der Waals surface area contributed by atoms with E-state index in [1.54, 1.807) is 35.2 Å². The van der Waals surface area contributed by atoms with Crippen molar-refractivity contribution in [2.75, 3.05) is 31.1 Å². The number of nitrogens with one attached hydrogen (secondary N) is 1. The average molecular weight is 488 g/mol. The highest BCUT2D eigenvalue weighted by Gasteiger charge is 2.29. The van der Waals surface area contributed by atoms with Crippen LogP contribution in [0.1, 0.15) is 42.6 Å². The predicted octanol–water partition coefficient (Wildman–Crippen LogP) is 4.26. The second kappa shape index (κ2) is 10.7. The van der Waals surface area contributed by atoms with Crippen molar-refractivity contribution in [3.05, 3.63) is 64.4 Å². The van der Waals surface area contributed by atoms with Gasteiger partial charge in [-0.05, 0) is 68.7 Å². The van der Waals surface area contributed by atoms with E-state index in [4.69, 9.17) is 16.3 Å². The van der Waals surface area contributed by atoms with Gasteiger partial charge in [0.2, 0.25) is 5.91 Å². The molecule has 2 fully saturated rings. The predicted molar refractivity (Wildman–Crippen MR) is 131 cm³/mol. The van der Waals surface area contributed by atoms with Gasteiger partial charge in [-0.15, -0.1) is 0 Å². The van der Waals surface area contributed by atoms with E-state index in [-0.39, 0.29) is 42.3 Å². The van der Waals surface area contributed by atoms with Crippen LogP contribution >= 0.6 is 11.6 Å². The fraction of sp³-hybridized carbons (Fsp3) is 0.462. The van der Waals surface area contributed by atoms with E-state index in [1.807, 2.05) is 24.8 Å². The number of nitrogens with zero attached hydrogens (tertiary/aromatic N) is 2. The first-order valence-electron chi connectivity index (χ1n) is 11.8. The zero-order valence-electron chi connectivity index (χ0n) is 19.6. The summed E-state index contributed by atoms with van der Waals surface area (Å²) in [7, 11) is 0. The third-order valence-corrected chi connectivity index (χ3v) is 6.66. The number of rotatable bonds is 5. The summed E-state index contributed by atoms with van der Waals surface area (Å²) in [6, 6.07) is 11.9. The molecule has 34 heavy (non-hydrogen) atoms. The van der Waals surface area contributed by atoms with Crippen LogP contribution in [0.3, 0.4) is 0 Å². The van der Waals surface area contributed by atoms with E-state index >= 15 is 0 Å². The molecule has 8 heteroatoms. The zero-order chi connectivity index (χ0) is 24.2. The highest BCUT2D eigenvalue weighted by atomic mass is 35.5. The molecule has 2 aliphatic heterocycles. The minimum absolute atomic E-state index is 0.0451. The fourth-order valence-electron chi connectivity index (χ4n) is 4.78.